The van der Waals surface area contributed by atoms with Gasteiger partial charge in [-0.3, -0.25) is 10.1 Å². The Morgan fingerprint density at radius 1 is 0.851 bits per heavy atom. The number of carbonyl (C=O) groups is 2. The lowest BCUT2D eigenvalue weighted by atomic mass is 10.0. The van der Waals surface area contributed by atoms with Crippen LogP contribution in [0.4, 0.5) is 10.5 Å². The van der Waals surface area contributed by atoms with E-state index in [1.54, 1.807) is 26.2 Å². The molecule has 1 saturated carbocycles. The molecule has 1 aliphatic carbocycles. The van der Waals surface area contributed by atoms with Gasteiger partial charge in [-0.1, -0.05) is 72.8 Å². The number of likely N-dealkylation sites (tertiary alicyclic amines) is 1. The van der Waals surface area contributed by atoms with Crippen molar-refractivity contribution in [3.63, 3.8) is 0 Å². The van der Waals surface area contributed by atoms with Crippen LogP contribution >= 0.6 is 0 Å². The Bertz CT molecular complexity index is 1400. The van der Waals surface area contributed by atoms with Crippen molar-refractivity contribution < 1.29 is 28.5 Å². The van der Waals surface area contributed by atoms with Crippen LogP contribution in [0, 0.1) is 11.8 Å². The fourth-order valence-electron chi connectivity index (χ4n) is 6.75. The van der Waals surface area contributed by atoms with Gasteiger partial charge in [-0.15, -0.1) is 0 Å². The lowest BCUT2D eigenvalue weighted by Gasteiger charge is -2.22. The molecule has 47 heavy (non-hydrogen) atoms. The largest absolute Gasteiger partial charge is 0.446 e. The number of hydrogen-bond acceptors (Lipinski definition) is 7. The third-order valence-corrected chi connectivity index (χ3v) is 9.42. The van der Waals surface area contributed by atoms with Crippen LogP contribution in [0.3, 0.4) is 0 Å². The first kappa shape index (κ1) is 34.6. The number of ether oxygens (including phenoxy) is 4. The number of rotatable bonds is 16. The van der Waals surface area contributed by atoms with E-state index in [0.29, 0.717) is 38.0 Å². The van der Waals surface area contributed by atoms with Gasteiger partial charge in [0.2, 0.25) is 5.91 Å². The fraction of sp³-hybridized carbons (Fsp3) is 0.474. The third-order valence-electron chi connectivity index (χ3n) is 9.42. The molecule has 1 saturated heterocycles. The topological polar surface area (TPSA) is 89.6 Å². The standard InChI is InChI=1S/C38H49N3O6/c1-40(27-37(44-2)45-3)36(42)19-22-46-21-18-29-15-13-28(14-16-29)17-20-41-25-31-23-33(24-32(31)26-41)47-38(43)39-35-12-8-7-11-34(35)30-9-5-4-6-10-30/h4-16,31-33,37H,17-27H2,1-3H3,(H,39,43)/t31-,32+,33?. The number of nitrogens with one attached hydrogen (secondary N) is 1. The van der Waals surface area contributed by atoms with Gasteiger partial charge in [-0.05, 0) is 60.3 Å². The summed E-state index contributed by atoms with van der Waals surface area (Å²) in [6, 6.07) is 26.7. The first-order valence-corrected chi connectivity index (χ1v) is 16.7. The molecule has 3 aromatic carbocycles. The Morgan fingerprint density at radius 3 is 2.17 bits per heavy atom. The second kappa shape index (κ2) is 17.4. The summed E-state index contributed by atoms with van der Waals surface area (Å²) in [5.74, 6) is 1.16. The second-order valence-electron chi connectivity index (χ2n) is 12.7. The highest BCUT2D eigenvalue weighted by atomic mass is 16.7. The number of likely N-dealkylation sites (N-methyl/N-ethyl adjacent to an activating group) is 1. The SMILES string of the molecule is COC(CN(C)C(=O)CCOCCc1ccc(CCN2C[C@H]3CC(OC(=O)Nc4ccccc4-c4ccccc4)C[C@H]3C2)cc1)OC. The van der Waals surface area contributed by atoms with Crippen LogP contribution in [0.15, 0.2) is 78.9 Å². The van der Waals surface area contributed by atoms with E-state index in [9.17, 15) is 9.59 Å². The van der Waals surface area contributed by atoms with Crippen molar-refractivity contribution in [1.29, 1.82) is 0 Å². The lowest BCUT2D eigenvalue weighted by Crippen LogP contribution is -2.36. The average molecular weight is 644 g/mol. The summed E-state index contributed by atoms with van der Waals surface area (Å²) in [6.45, 7) is 4.53. The van der Waals surface area contributed by atoms with E-state index >= 15 is 0 Å². The predicted molar refractivity (Wildman–Crippen MR) is 183 cm³/mol. The normalized spacial score (nSPS) is 19.1. The molecule has 1 heterocycles. The lowest BCUT2D eigenvalue weighted by molar-refractivity contribution is -0.143. The van der Waals surface area contributed by atoms with Gasteiger partial charge in [-0.25, -0.2) is 4.79 Å². The predicted octanol–water partition coefficient (Wildman–Crippen LogP) is 5.88. The minimum atomic E-state index is -0.423. The molecule has 2 fully saturated rings. The van der Waals surface area contributed by atoms with Gasteiger partial charge in [0.1, 0.15) is 6.10 Å². The van der Waals surface area contributed by atoms with Crippen LogP contribution in [-0.2, 0) is 36.6 Å². The molecule has 1 unspecified atom stereocenters. The number of anilines is 1. The van der Waals surface area contributed by atoms with Gasteiger partial charge < -0.3 is 28.7 Å². The van der Waals surface area contributed by atoms with Crippen molar-refractivity contribution >= 4 is 17.7 Å². The minimum Gasteiger partial charge on any atom is -0.446 e. The molecule has 0 spiro atoms. The number of amides is 2. The molecule has 5 rings (SSSR count). The monoisotopic (exact) mass is 643 g/mol. The number of carbonyl (C=O) groups excluding carboxylic acids is 2. The van der Waals surface area contributed by atoms with Crippen molar-refractivity contribution in [2.45, 2.75) is 44.5 Å². The number of fused-ring (bicyclic) bond motifs is 1. The Hall–Kier alpha value is -3.76. The molecule has 0 aromatic heterocycles. The summed E-state index contributed by atoms with van der Waals surface area (Å²) in [6.07, 6.45) is 3.20. The van der Waals surface area contributed by atoms with Crippen LogP contribution in [0.1, 0.15) is 30.4 Å². The summed E-state index contributed by atoms with van der Waals surface area (Å²) in [7, 11) is 4.86. The van der Waals surface area contributed by atoms with Crippen LogP contribution in [-0.4, -0.2) is 94.9 Å². The van der Waals surface area contributed by atoms with Gasteiger partial charge >= 0.3 is 6.09 Å². The molecule has 0 bridgehead atoms. The number of nitrogens with zero attached hydrogens (tertiary/aromatic N) is 2. The van der Waals surface area contributed by atoms with Crippen molar-refractivity contribution in [2.24, 2.45) is 11.8 Å². The average Bonchev–Trinajstić information content (AvgIpc) is 3.65. The third kappa shape index (κ3) is 10.1. The van der Waals surface area contributed by atoms with Crippen LogP contribution < -0.4 is 5.32 Å². The van der Waals surface area contributed by atoms with Crippen molar-refractivity contribution in [1.82, 2.24) is 9.80 Å². The minimum absolute atomic E-state index is 0.00674. The van der Waals surface area contributed by atoms with Gasteiger partial charge in [-0.2, -0.15) is 0 Å². The van der Waals surface area contributed by atoms with Crippen LogP contribution in [0.2, 0.25) is 0 Å². The molecule has 3 atom stereocenters. The number of para-hydroxylation sites is 1. The Kier molecular flexibility index (Phi) is 12.8. The van der Waals surface area contributed by atoms with Crippen LogP contribution in [0.25, 0.3) is 11.1 Å². The molecule has 252 valence electrons. The Balaban J connectivity index is 0.957. The van der Waals surface area contributed by atoms with Gasteiger partial charge in [0, 0.05) is 46.5 Å². The first-order chi connectivity index (χ1) is 22.9. The first-order valence-electron chi connectivity index (χ1n) is 16.7. The summed E-state index contributed by atoms with van der Waals surface area (Å²) in [5, 5.41) is 2.99. The molecule has 2 amide bonds. The maximum Gasteiger partial charge on any atom is 0.411 e. The molecule has 0 radical (unpaired) electrons. The van der Waals surface area contributed by atoms with E-state index in [1.165, 1.54) is 11.1 Å². The molecular formula is C38H49N3O6. The molecule has 3 aromatic rings. The van der Waals surface area contributed by atoms with E-state index < -0.39 is 6.29 Å². The molecule has 9 nitrogen and oxygen atoms in total. The molecule has 1 N–H and O–H groups in total. The number of methoxy groups -OCH3 is 2. The molecular weight excluding hydrogens is 594 g/mol. The highest BCUT2D eigenvalue weighted by Gasteiger charge is 2.42. The molecule has 1 aliphatic heterocycles. The smallest absolute Gasteiger partial charge is 0.411 e. The Labute approximate surface area is 279 Å². The summed E-state index contributed by atoms with van der Waals surface area (Å²) in [5.41, 5.74) is 5.37. The van der Waals surface area contributed by atoms with E-state index in [4.69, 9.17) is 18.9 Å². The number of hydrogen-bond donors (Lipinski definition) is 1. The molecule has 9 heteroatoms. The van der Waals surface area contributed by atoms with Crippen molar-refractivity contribution in [2.75, 3.05) is 66.0 Å². The van der Waals surface area contributed by atoms with Gasteiger partial charge in [0.15, 0.2) is 6.29 Å². The fourth-order valence-corrected chi connectivity index (χ4v) is 6.75. The van der Waals surface area contributed by atoms with Crippen molar-refractivity contribution in [3.05, 3.63) is 90.0 Å². The zero-order valence-electron chi connectivity index (χ0n) is 27.9. The zero-order valence-corrected chi connectivity index (χ0v) is 27.9. The van der Waals surface area contributed by atoms with Gasteiger partial charge in [0.05, 0.1) is 31.9 Å². The van der Waals surface area contributed by atoms with Gasteiger partial charge in [0.25, 0.3) is 0 Å². The highest BCUT2D eigenvalue weighted by Crippen LogP contribution is 2.39. The molecule has 2 aliphatic rings. The zero-order chi connectivity index (χ0) is 33.0. The Morgan fingerprint density at radius 2 is 1.49 bits per heavy atom. The second-order valence-corrected chi connectivity index (χ2v) is 12.7. The van der Waals surface area contributed by atoms with E-state index in [1.807, 2.05) is 54.6 Å². The van der Waals surface area contributed by atoms with E-state index in [-0.39, 0.29) is 18.1 Å². The summed E-state index contributed by atoms with van der Waals surface area (Å²) >= 11 is 0. The quantitative estimate of drug-likeness (QED) is 0.154. The maximum absolute atomic E-state index is 12.8. The van der Waals surface area contributed by atoms with Crippen molar-refractivity contribution in [3.8, 4) is 11.1 Å². The highest BCUT2D eigenvalue weighted by molar-refractivity contribution is 5.91. The maximum atomic E-state index is 12.8. The van der Waals surface area contributed by atoms with E-state index in [2.05, 4.69) is 34.5 Å². The van der Waals surface area contributed by atoms with Crippen LogP contribution in [0.5, 0.6) is 0 Å². The summed E-state index contributed by atoms with van der Waals surface area (Å²) in [4.78, 5) is 29.3. The summed E-state index contributed by atoms with van der Waals surface area (Å²) < 4.78 is 21.9. The number of benzene rings is 3. The van der Waals surface area contributed by atoms with E-state index in [0.717, 1.165) is 62.1 Å².